The van der Waals surface area contributed by atoms with E-state index in [0.717, 1.165) is 16.5 Å². The van der Waals surface area contributed by atoms with Gasteiger partial charge in [0.1, 0.15) is 4.60 Å². The molecule has 0 aliphatic heterocycles. The van der Waals surface area contributed by atoms with Gasteiger partial charge in [0.2, 0.25) is 0 Å². The molecule has 0 atom stereocenters. The Kier molecular flexibility index (Phi) is 2.55. The Balaban J connectivity index is 2.73. The first-order valence-corrected chi connectivity index (χ1v) is 5.56. The summed E-state index contributed by atoms with van der Waals surface area (Å²) in [6.45, 7) is 4.25. The van der Waals surface area contributed by atoms with E-state index in [4.69, 9.17) is 0 Å². The average Bonchev–Trinajstić information content (AvgIpc) is 2.17. The normalized spacial score (nSPS) is 10.8. The molecule has 0 aliphatic rings. The summed E-state index contributed by atoms with van der Waals surface area (Å²) in [4.78, 5) is 4.50. The van der Waals surface area contributed by atoms with Crippen molar-refractivity contribution in [2.75, 3.05) is 0 Å². The van der Waals surface area contributed by atoms with Crippen molar-refractivity contribution in [1.29, 1.82) is 0 Å². The van der Waals surface area contributed by atoms with Gasteiger partial charge in [-0.2, -0.15) is 0 Å². The number of aromatic nitrogens is 1. The summed E-state index contributed by atoms with van der Waals surface area (Å²) in [5.41, 5.74) is 3.60. The lowest BCUT2D eigenvalue weighted by molar-refractivity contribution is 1.10. The van der Waals surface area contributed by atoms with Crippen molar-refractivity contribution in [2.24, 2.45) is 0 Å². The van der Waals surface area contributed by atoms with Gasteiger partial charge in [0, 0.05) is 5.39 Å². The number of hydrogen-bond acceptors (Lipinski definition) is 1. The van der Waals surface area contributed by atoms with Crippen molar-refractivity contribution in [3.05, 3.63) is 40.0 Å². The zero-order chi connectivity index (χ0) is 10.1. The van der Waals surface area contributed by atoms with Crippen LogP contribution in [0.2, 0.25) is 0 Å². The fourth-order valence-electron chi connectivity index (χ4n) is 1.56. The van der Waals surface area contributed by atoms with Crippen LogP contribution in [0.5, 0.6) is 0 Å². The molecule has 0 saturated carbocycles. The number of pyridine rings is 1. The smallest absolute Gasteiger partial charge is 0.110 e. The van der Waals surface area contributed by atoms with Crippen molar-refractivity contribution in [3.63, 3.8) is 0 Å². The Bertz CT molecular complexity index is 477. The highest BCUT2D eigenvalue weighted by Gasteiger charge is 2.02. The van der Waals surface area contributed by atoms with Crippen LogP contribution in [-0.4, -0.2) is 4.98 Å². The number of nitrogens with zero attached hydrogens (tertiary/aromatic N) is 1. The van der Waals surface area contributed by atoms with Crippen molar-refractivity contribution in [3.8, 4) is 0 Å². The van der Waals surface area contributed by atoms with Crippen LogP contribution in [0.25, 0.3) is 10.9 Å². The predicted molar refractivity (Wildman–Crippen MR) is 63.6 cm³/mol. The molecule has 0 bridgehead atoms. The van der Waals surface area contributed by atoms with Gasteiger partial charge in [-0.05, 0) is 53.0 Å². The average molecular weight is 250 g/mol. The van der Waals surface area contributed by atoms with Gasteiger partial charge >= 0.3 is 0 Å². The molecule has 0 amide bonds. The minimum absolute atomic E-state index is 0.969. The summed E-state index contributed by atoms with van der Waals surface area (Å²) in [7, 11) is 0. The van der Waals surface area contributed by atoms with Crippen molar-refractivity contribution in [2.45, 2.75) is 20.3 Å². The minimum atomic E-state index is 0.969. The summed E-state index contributed by atoms with van der Waals surface area (Å²) in [5, 5.41) is 1.23. The van der Waals surface area contributed by atoms with E-state index in [1.54, 1.807) is 0 Å². The van der Waals surface area contributed by atoms with Crippen LogP contribution in [0.4, 0.5) is 0 Å². The highest BCUT2D eigenvalue weighted by Crippen LogP contribution is 2.22. The summed E-state index contributed by atoms with van der Waals surface area (Å²) in [5.74, 6) is 0. The molecule has 1 aromatic heterocycles. The highest BCUT2D eigenvalue weighted by molar-refractivity contribution is 9.10. The number of benzene rings is 1. The van der Waals surface area contributed by atoms with Gasteiger partial charge in [-0.25, -0.2) is 4.98 Å². The first-order valence-electron chi connectivity index (χ1n) is 4.76. The lowest BCUT2D eigenvalue weighted by atomic mass is 10.1. The van der Waals surface area contributed by atoms with Crippen LogP contribution in [0.15, 0.2) is 28.9 Å². The molecule has 1 heterocycles. The van der Waals surface area contributed by atoms with Gasteiger partial charge in [0.25, 0.3) is 0 Å². The maximum Gasteiger partial charge on any atom is 0.110 e. The summed E-state index contributed by atoms with van der Waals surface area (Å²) in [6, 6.07) is 8.54. The second-order valence-electron chi connectivity index (χ2n) is 3.49. The third kappa shape index (κ3) is 1.67. The van der Waals surface area contributed by atoms with Crippen LogP contribution in [0.1, 0.15) is 18.1 Å². The lowest BCUT2D eigenvalue weighted by Crippen LogP contribution is -1.88. The van der Waals surface area contributed by atoms with E-state index in [9.17, 15) is 0 Å². The summed E-state index contributed by atoms with van der Waals surface area (Å²) in [6.07, 6.45) is 1.01. The van der Waals surface area contributed by atoms with E-state index in [0.29, 0.717) is 0 Å². The van der Waals surface area contributed by atoms with E-state index >= 15 is 0 Å². The molecule has 2 rings (SSSR count). The van der Waals surface area contributed by atoms with Gasteiger partial charge in [0.05, 0.1) is 5.52 Å². The fraction of sp³-hybridized carbons (Fsp3) is 0.250. The molecule has 72 valence electrons. The lowest BCUT2D eigenvalue weighted by Gasteiger charge is -2.04. The van der Waals surface area contributed by atoms with Gasteiger partial charge in [0.15, 0.2) is 0 Å². The molecule has 1 aromatic carbocycles. The Hall–Kier alpha value is -0.890. The quantitative estimate of drug-likeness (QED) is 0.700. The molecular weight excluding hydrogens is 238 g/mol. The minimum Gasteiger partial charge on any atom is -0.241 e. The third-order valence-corrected chi connectivity index (χ3v) is 3.06. The van der Waals surface area contributed by atoms with Gasteiger partial charge in [-0.15, -0.1) is 0 Å². The SMILES string of the molecule is CCc1cc2cc(C)ccc2nc1Br. The Morgan fingerprint density at radius 2 is 2.07 bits per heavy atom. The molecule has 0 spiro atoms. The fourth-order valence-corrected chi connectivity index (χ4v) is 2.15. The van der Waals surface area contributed by atoms with Gasteiger partial charge in [-0.1, -0.05) is 18.6 Å². The number of rotatable bonds is 1. The van der Waals surface area contributed by atoms with Crippen molar-refractivity contribution in [1.82, 2.24) is 4.98 Å². The maximum atomic E-state index is 4.50. The van der Waals surface area contributed by atoms with Crippen LogP contribution < -0.4 is 0 Å². The molecule has 0 saturated heterocycles. The molecule has 1 nitrogen and oxygen atoms in total. The second kappa shape index (κ2) is 3.70. The van der Waals surface area contributed by atoms with Gasteiger partial charge < -0.3 is 0 Å². The number of hydrogen-bond donors (Lipinski definition) is 0. The Morgan fingerprint density at radius 1 is 1.29 bits per heavy atom. The van der Waals surface area contributed by atoms with E-state index in [1.807, 2.05) is 0 Å². The summed E-state index contributed by atoms with van der Waals surface area (Å²) < 4.78 is 0.969. The standard InChI is InChI=1S/C12H12BrN/c1-3-9-7-10-6-8(2)4-5-11(10)14-12(9)13/h4-7H,3H2,1-2H3. The van der Waals surface area contributed by atoms with Crippen molar-refractivity contribution >= 4 is 26.8 Å². The van der Waals surface area contributed by atoms with E-state index < -0.39 is 0 Å². The number of aryl methyl sites for hydroxylation is 2. The van der Waals surface area contributed by atoms with Crippen LogP contribution in [0.3, 0.4) is 0 Å². The molecule has 2 aromatic rings. The predicted octanol–water partition coefficient (Wildman–Crippen LogP) is 3.87. The van der Waals surface area contributed by atoms with E-state index in [-0.39, 0.29) is 0 Å². The first-order chi connectivity index (χ1) is 6.70. The molecular formula is C12H12BrN. The van der Waals surface area contributed by atoms with Crippen LogP contribution >= 0.6 is 15.9 Å². The molecule has 0 unspecified atom stereocenters. The Morgan fingerprint density at radius 3 is 2.79 bits per heavy atom. The molecule has 0 aliphatic carbocycles. The van der Waals surface area contributed by atoms with E-state index in [2.05, 4.69) is 59.0 Å². The number of fused-ring (bicyclic) bond motifs is 1. The largest absolute Gasteiger partial charge is 0.241 e. The van der Waals surface area contributed by atoms with E-state index in [1.165, 1.54) is 16.5 Å². The van der Waals surface area contributed by atoms with Crippen molar-refractivity contribution < 1.29 is 0 Å². The topological polar surface area (TPSA) is 12.9 Å². The zero-order valence-corrected chi connectivity index (χ0v) is 9.93. The molecule has 14 heavy (non-hydrogen) atoms. The third-order valence-electron chi connectivity index (χ3n) is 2.38. The zero-order valence-electron chi connectivity index (χ0n) is 8.34. The Labute approximate surface area is 92.3 Å². The molecule has 0 fully saturated rings. The van der Waals surface area contributed by atoms with Gasteiger partial charge in [-0.3, -0.25) is 0 Å². The summed E-state index contributed by atoms with van der Waals surface area (Å²) >= 11 is 3.48. The molecule has 2 heteroatoms. The first kappa shape index (κ1) is 9.66. The number of halogens is 1. The van der Waals surface area contributed by atoms with Crippen LogP contribution in [-0.2, 0) is 6.42 Å². The highest BCUT2D eigenvalue weighted by atomic mass is 79.9. The monoisotopic (exact) mass is 249 g/mol. The maximum absolute atomic E-state index is 4.50. The second-order valence-corrected chi connectivity index (χ2v) is 4.24. The molecule has 0 N–H and O–H groups in total. The molecule has 0 radical (unpaired) electrons. The van der Waals surface area contributed by atoms with Crippen LogP contribution in [0, 0.1) is 6.92 Å².